The van der Waals surface area contributed by atoms with E-state index in [0.717, 1.165) is 34.3 Å². The Morgan fingerprint density at radius 1 is 0.946 bits per heavy atom. The molecule has 1 aromatic heterocycles. The van der Waals surface area contributed by atoms with E-state index in [4.69, 9.17) is 26.4 Å². The van der Waals surface area contributed by atoms with E-state index in [1.807, 2.05) is 54.7 Å². The highest BCUT2D eigenvalue weighted by atomic mass is 32.1. The lowest BCUT2D eigenvalue weighted by molar-refractivity contribution is 0.101. The zero-order chi connectivity index (χ0) is 26.4. The summed E-state index contributed by atoms with van der Waals surface area (Å²) in [4.78, 5) is 17.1. The van der Waals surface area contributed by atoms with Crippen molar-refractivity contribution in [2.75, 3.05) is 33.2 Å². The number of anilines is 1. The smallest absolute Gasteiger partial charge is 0.173 e. The highest BCUT2D eigenvalue weighted by molar-refractivity contribution is 7.80. The van der Waals surface area contributed by atoms with Crippen LogP contribution in [0, 0.1) is 0 Å². The van der Waals surface area contributed by atoms with Crippen LogP contribution in [0.2, 0.25) is 0 Å². The maximum atomic E-state index is 11.6. The van der Waals surface area contributed by atoms with Crippen LogP contribution in [0.25, 0.3) is 10.9 Å². The minimum atomic E-state index is 0.0274. The molecule has 2 N–H and O–H groups in total. The third-order valence-electron chi connectivity index (χ3n) is 6.28. The minimum absolute atomic E-state index is 0.0274. The van der Waals surface area contributed by atoms with Crippen molar-refractivity contribution in [2.45, 2.75) is 19.9 Å². The maximum absolute atomic E-state index is 11.6. The molecule has 4 rings (SSSR count). The van der Waals surface area contributed by atoms with E-state index >= 15 is 0 Å². The Labute approximate surface area is 222 Å². The number of carbonyl (C=O) groups is 1. The average molecular weight is 518 g/mol. The van der Waals surface area contributed by atoms with Crippen molar-refractivity contribution in [3.8, 4) is 17.2 Å². The number of carbonyl (C=O) groups excluding carboxylic acids is 1. The second-order valence-electron chi connectivity index (χ2n) is 8.65. The van der Waals surface area contributed by atoms with Gasteiger partial charge in [0.25, 0.3) is 0 Å². The number of hydrogen-bond acceptors (Lipinski definition) is 5. The molecule has 192 valence electrons. The monoisotopic (exact) mass is 517 g/mol. The van der Waals surface area contributed by atoms with Crippen molar-refractivity contribution in [3.05, 3.63) is 83.6 Å². The Hall–Kier alpha value is -4.04. The third kappa shape index (κ3) is 6.21. The predicted octanol–water partition coefficient (Wildman–Crippen LogP) is 5.84. The molecule has 0 aliphatic carbocycles. The number of thiocarbonyl (C=S) groups is 1. The van der Waals surface area contributed by atoms with Crippen LogP contribution in [-0.2, 0) is 13.0 Å². The van der Waals surface area contributed by atoms with Gasteiger partial charge in [-0.15, -0.1) is 0 Å². The van der Waals surface area contributed by atoms with Crippen LogP contribution in [0.4, 0.5) is 5.69 Å². The molecule has 0 atom stereocenters. The zero-order valence-corrected chi connectivity index (χ0v) is 22.3. The second kappa shape index (κ2) is 11.8. The molecule has 0 saturated heterocycles. The molecule has 0 aliphatic heterocycles. The van der Waals surface area contributed by atoms with Crippen LogP contribution in [0.1, 0.15) is 28.4 Å². The van der Waals surface area contributed by atoms with E-state index in [1.54, 1.807) is 40.4 Å². The van der Waals surface area contributed by atoms with Crippen LogP contribution in [0.15, 0.2) is 66.9 Å². The number of benzene rings is 3. The quantitative estimate of drug-likeness (QED) is 0.202. The Morgan fingerprint density at radius 3 is 2.38 bits per heavy atom. The van der Waals surface area contributed by atoms with Crippen molar-refractivity contribution in [1.82, 2.24) is 9.88 Å². The molecule has 0 spiro atoms. The van der Waals surface area contributed by atoms with Crippen LogP contribution in [-0.4, -0.2) is 48.7 Å². The van der Waals surface area contributed by atoms with Crippen molar-refractivity contribution >= 4 is 39.7 Å². The number of aromatic amines is 1. The largest absolute Gasteiger partial charge is 0.497 e. The fraction of sp³-hybridized carbons (Fsp3) is 0.241. The predicted molar refractivity (Wildman–Crippen MR) is 151 cm³/mol. The van der Waals surface area contributed by atoms with Gasteiger partial charge in [0, 0.05) is 41.4 Å². The number of nitrogens with one attached hydrogen (secondary N) is 2. The molecule has 0 aliphatic rings. The summed E-state index contributed by atoms with van der Waals surface area (Å²) < 4.78 is 16.3. The normalized spacial score (nSPS) is 10.7. The van der Waals surface area contributed by atoms with Crippen molar-refractivity contribution in [3.63, 3.8) is 0 Å². The van der Waals surface area contributed by atoms with Crippen molar-refractivity contribution in [1.29, 1.82) is 0 Å². The number of methoxy groups -OCH3 is 3. The number of nitrogens with zero attached hydrogens (tertiary/aromatic N) is 1. The van der Waals surface area contributed by atoms with Gasteiger partial charge in [-0.1, -0.05) is 6.07 Å². The molecule has 3 aromatic carbocycles. The molecule has 1 heterocycles. The van der Waals surface area contributed by atoms with Gasteiger partial charge in [0.15, 0.2) is 22.4 Å². The molecule has 0 unspecified atom stereocenters. The average Bonchev–Trinajstić information content (AvgIpc) is 3.33. The summed E-state index contributed by atoms with van der Waals surface area (Å²) in [6, 6.07) is 19.2. The molecule has 0 saturated carbocycles. The molecule has 4 aromatic rings. The second-order valence-corrected chi connectivity index (χ2v) is 9.04. The van der Waals surface area contributed by atoms with Gasteiger partial charge in [-0.25, -0.2) is 0 Å². The van der Waals surface area contributed by atoms with E-state index in [1.165, 1.54) is 5.56 Å². The minimum Gasteiger partial charge on any atom is -0.497 e. The molecule has 8 heteroatoms. The molecular weight excluding hydrogens is 486 g/mol. The van der Waals surface area contributed by atoms with Crippen molar-refractivity contribution < 1.29 is 19.0 Å². The summed E-state index contributed by atoms with van der Waals surface area (Å²) in [7, 11) is 4.92. The fourth-order valence-electron chi connectivity index (χ4n) is 4.19. The molecule has 37 heavy (non-hydrogen) atoms. The number of ketones is 1. The Kier molecular flexibility index (Phi) is 8.30. The Morgan fingerprint density at radius 2 is 1.70 bits per heavy atom. The van der Waals surface area contributed by atoms with Gasteiger partial charge in [0.2, 0.25) is 0 Å². The lowest BCUT2D eigenvalue weighted by atomic mass is 10.1. The van der Waals surface area contributed by atoms with Gasteiger partial charge in [0.1, 0.15) is 5.75 Å². The van der Waals surface area contributed by atoms with E-state index in [2.05, 4.69) is 15.2 Å². The highest BCUT2D eigenvalue weighted by Gasteiger charge is 2.15. The number of H-pyrrole nitrogens is 1. The Bertz CT molecular complexity index is 1400. The highest BCUT2D eigenvalue weighted by Crippen LogP contribution is 2.29. The van der Waals surface area contributed by atoms with Crippen molar-refractivity contribution in [2.24, 2.45) is 0 Å². The number of Topliss-reactive ketones (excluding diaryl/α,β-unsaturated/α-hetero) is 1. The number of aromatic nitrogens is 1. The summed E-state index contributed by atoms with van der Waals surface area (Å²) in [6.45, 7) is 2.80. The van der Waals surface area contributed by atoms with Crippen LogP contribution >= 0.6 is 12.2 Å². The zero-order valence-electron chi connectivity index (χ0n) is 21.5. The maximum Gasteiger partial charge on any atom is 0.173 e. The van der Waals surface area contributed by atoms with Gasteiger partial charge in [0.05, 0.1) is 21.3 Å². The third-order valence-corrected chi connectivity index (χ3v) is 6.64. The standard InChI is InChI=1S/C29H31N3O4S/c1-19(33)21-6-8-23(9-7-21)31-29(37)32(18-20-5-12-27(35-3)28(15-20)36-4)14-13-22-17-30-26-11-10-24(34-2)16-25(22)26/h5-12,15-17,30H,13-14,18H2,1-4H3,(H,31,37). The molecule has 0 radical (unpaired) electrons. The number of ether oxygens (including phenoxy) is 3. The summed E-state index contributed by atoms with van der Waals surface area (Å²) >= 11 is 5.85. The summed E-state index contributed by atoms with van der Waals surface area (Å²) in [5.41, 5.74) is 4.76. The van der Waals surface area contributed by atoms with Gasteiger partial charge >= 0.3 is 0 Å². The van der Waals surface area contributed by atoms with Crippen LogP contribution in [0.5, 0.6) is 17.2 Å². The Balaban J connectivity index is 1.57. The van der Waals surface area contributed by atoms with E-state index in [0.29, 0.717) is 35.3 Å². The SMILES string of the molecule is COc1ccc2[nH]cc(CCN(Cc3ccc(OC)c(OC)c3)C(=S)Nc3ccc(C(C)=O)cc3)c2c1. The number of rotatable bonds is 10. The van der Waals surface area contributed by atoms with Crippen LogP contribution < -0.4 is 19.5 Å². The van der Waals surface area contributed by atoms with Gasteiger partial charge < -0.3 is 29.4 Å². The van der Waals surface area contributed by atoms with Crippen LogP contribution in [0.3, 0.4) is 0 Å². The molecule has 0 bridgehead atoms. The number of hydrogen-bond donors (Lipinski definition) is 2. The first-order valence-corrected chi connectivity index (χ1v) is 12.3. The van der Waals surface area contributed by atoms with E-state index in [-0.39, 0.29) is 5.78 Å². The van der Waals surface area contributed by atoms with E-state index in [9.17, 15) is 4.79 Å². The molecule has 0 amide bonds. The molecule has 7 nitrogen and oxygen atoms in total. The lowest BCUT2D eigenvalue weighted by Crippen LogP contribution is -2.35. The topological polar surface area (TPSA) is 75.8 Å². The summed E-state index contributed by atoms with van der Waals surface area (Å²) in [6.07, 6.45) is 2.81. The summed E-state index contributed by atoms with van der Waals surface area (Å²) in [5, 5.41) is 5.04. The first kappa shape index (κ1) is 26.0. The molecule has 0 fully saturated rings. The first-order valence-electron chi connectivity index (χ1n) is 11.9. The molecular formula is C29H31N3O4S. The van der Waals surface area contributed by atoms with Gasteiger partial charge in [-0.3, -0.25) is 4.79 Å². The summed E-state index contributed by atoms with van der Waals surface area (Å²) in [5.74, 6) is 2.19. The number of fused-ring (bicyclic) bond motifs is 1. The van der Waals surface area contributed by atoms with E-state index < -0.39 is 0 Å². The lowest BCUT2D eigenvalue weighted by Gasteiger charge is -2.26. The first-order chi connectivity index (χ1) is 17.9. The van der Waals surface area contributed by atoms with Gasteiger partial charge in [-0.05, 0) is 91.3 Å². The van der Waals surface area contributed by atoms with Gasteiger partial charge in [-0.2, -0.15) is 0 Å². The fourth-order valence-corrected chi connectivity index (χ4v) is 4.46.